The van der Waals surface area contributed by atoms with Crippen LogP contribution < -0.4 is 0 Å². The van der Waals surface area contributed by atoms with E-state index < -0.39 is 5.67 Å². The Labute approximate surface area is 55.2 Å². The van der Waals surface area contributed by atoms with Gasteiger partial charge in [0.05, 0.1) is 0 Å². The second kappa shape index (κ2) is 2.10. The van der Waals surface area contributed by atoms with Crippen molar-refractivity contribution < 1.29 is 4.39 Å². The molecule has 0 radical (unpaired) electrons. The molecular weight excluding hydrogens is 117 g/mol. The molecule has 0 N–H and O–H groups in total. The van der Waals surface area contributed by atoms with Gasteiger partial charge in [0.25, 0.3) is 0 Å². The summed E-state index contributed by atoms with van der Waals surface area (Å²) in [6.07, 6.45) is 2.02. The van der Waals surface area contributed by atoms with Crippen LogP contribution in [0, 0.1) is 0 Å². The van der Waals surface area contributed by atoms with Crippen molar-refractivity contribution >= 4 is 0 Å². The highest BCUT2D eigenvalue weighted by Crippen LogP contribution is 2.24. The van der Waals surface area contributed by atoms with Crippen LogP contribution >= 0.6 is 0 Å². The van der Waals surface area contributed by atoms with E-state index in [2.05, 4.69) is 6.58 Å². The topological polar surface area (TPSA) is 3.24 Å². The summed E-state index contributed by atoms with van der Waals surface area (Å²) in [7, 11) is 1.92. The Morgan fingerprint density at radius 3 is 2.67 bits per heavy atom. The molecule has 1 saturated heterocycles. The number of likely N-dealkylation sites (tertiary alicyclic amines) is 1. The summed E-state index contributed by atoms with van der Waals surface area (Å²) >= 11 is 0. The van der Waals surface area contributed by atoms with Crippen LogP contribution in [0.5, 0.6) is 0 Å². The minimum atomic E-state index is -1.10. The molecule has 52 valence electrons. The van der Waals surface area contributed by atoms with Crippen LogP contribution in [0.3, 0.4) is 0 Å². The van der Waals surface area contributed by atoms with Crippen molar-refractivity contribution in [3.05, 3.63) is 12.7 Å². The minimum absolute atomic E-state index is 0.510. The fraction of sp³-hybridized carbons (Fsp3) is 0.714. The number of halogens is 1. The molecule has 1 unspecified atom stereocenters. The quantitative estimate of drug-likeness (QED) is 0.481. The summed E-state index contributed by atoms with van der Waals surface area (Å²) in [4.78, 5) is 1.97. The molecular formula is C7H12FN. The number of hydrogen-bond acceptors (Lipinski definition) is 1. The van der Waals surface area contributed by atoms with Gasteiger partial charge in [-0.25, -0.2) is 4.39 Å². The third-order valence-electron chi connectivity index (χ3n) is 1.81. The van der Waals surface area contributed by atoms with E-state index in [9.17, 15) is 4.39 Å². The van der Waals surface area contributed by atoms with Gasteiger partial charge in [0.2, 0.25) is 0 Å². The van der Waals surface area contributed by atoms with Crippen molar-refractivity contribution in [1.82, 2.24) is 4.90 Å². The highest BCUT2D eigenvalue weighted by atomic mass is 19.1. The van der Waals surface area contributed by atoms with Gasteiger partial charge in [0.1, 0.15) is 5.67 Å². The molecule has 0 aromatic rings. The maximum Gasteiger partial charge on any atom is 0.142 e. The van der Waals surface area contributed by atoms with Gasteiger partial charge in [-0.3, -0.25) is 0 Å². The van der Waals surface area contributed by atoms with Gasteiger partial charge in [-0.15, -0.1) is 0 Å². The van der Waals surface area contributed by atoms with Crippen molar-refractivity contribution in [1.29, 1.82) is 0 Å². The predicted octanol–water partition coefficient (Wildman–Crippen LogP) is 1.22. The van der Waals surface area contributed by atoms with Crippen molar-refractivity contribution in [3.8, 4) is 0 Å². The van der Waals surface area contributed by atoms with Gasteiger partial charge < -0.3 is 4.90 Å². The molecule has 1 nitrogen and oxygen atoms in total. The molecule has 2 heteroatoms. The summed E-state index contributed by atoms with van der Waals surface area (Å²) in [5.41, 5.74) is -1.10. The minimum Gasteiger partial charge on any atom is -0.303 e. The van der Waals surface area contributed by atoms with E-state index in [4.69, 9.17) is 0 Å². The number of rotatable bonds is 1. The predicted molar refractivity (Wildman–Crippen MR) is 36.1 cm³/mol. The van der Waals surface area contributed by atoms with Crippen molar-refractivity contribution in [2.24, 2.45) is 0 Å². The third-order valence-corrected chi connectivity index (χ3v) is 1.81. The maximum atomic E-state index is 13.1. The molecule has 0 bridgehead atoms. The standard InChI is InChI=1S/C7H12FN/c1-3-7(8)4-5-9(2)6-7/h3H,1,4-6H2,2H3. The molecule has 0 aromatic heterocycles. The van der Waals surface area contributed by atoms with Crippen molar-refractivity contribution in [3.63, 3.8) is 0 Å². The first kappa shape index (κ1) is 6.75. The molecule has 1 rings (SSSR count). The summed E-state index contributed by atoms with van der Waals surface area (Å²) in [5, 5.41) is 0. The fourth-order valence-electron chi connectivity index (χ4n) is 1.15. The van der Waals surface area contributed by atoms with Gasteiger partial charge in [0.15, 0.2) is 0 Å². The Hall–Kier alpha value is -0.370. The molecule has 1 heterocycles. The van der Waals surface area contributed by atoms with E-state index in [-0.39, 0.29) is 0 Å². The SMILES string of the molecule is C=CC1(F)CCN(C)C1. The van der Waals surface area contributed by atoms with Crippen LogP contribution in [0.15, 0.2) is 12.7 Å². The monoisotopic (exact) mass is 129 g/mol. The first-order valence-corrected chi connectivity index (χ1v) is 3.17. The number of hydrogen-bond donors (Lipinski definition) is 0. The van der Waals surface area contributed by atoms with E-state index in [0.717, 1.165) is 6.54 Å². The molecule has 0 saturated carbocycles. The van der Waals surface area contributed by atoms with Crippen molar-refractivity contribution in [2.45, 2.75) is 12.1 Å². The van der Waals surface area contributed by atoms with E-state index in [1.165, 1.54) is 6.08 Å². The van der Waals surface area contributed by atoms with Crippen LogP contribution in [-0.2, 0) is 0 Å². The molecule has 9 heavy (non-hydrogen) atoms. The van der Waals surface area contributed by atoms with Gasteiger partial charge in [0, 0.05) is 13.1 Å². The van der Waals surface area contributed by atoms with Crippen LogP contribution in [0.25, 0.3) is 0 Å². The lowest BCUT2D eigenvalue weighted by molar-refractivity contribution is 0.235. The zero-order chi connectivity index (χ0) is 6.91. The summed E-state index contributed by atoms with van der Waals surface area (Å²) < 4.78 is 13.1. The van der Waals surface area contributed by atoms with Gasteiger partial charge >= 0.3 is 0 Å². The average Bonchev–Trinajstić information content (AvgIpc) is 2.13. The normalized spacial score (nSPS) is 37.1. The Balaban J connectivity index is 2.54. The van der Waals surface area contributed by atoms with Crippen molar-refractivity contribution in [2.75, 3.05) is 20.1 Å². The Morgan fingerprint density at radius 1 is 1.78 bits per heavy atom. The van der Waals surface area contributed by atoms with Crippen LogP contribution in [0.1, 0.15) is 6.42 Å². The lowest BCUT2D eigenvalue weighted by atomic mass is 10.1. The number of nitrogens with zero attached hydrogens (tertiary/aromatic N) is 1. The average molecular weight is 129 g/mol. The first-order valence-electron chi connectivity index (χ1n) is 3.17. The highest BCUT2D eigenvalue weighted by Gasteiger charge is 2.33. The molecule has 0 amide bonds. The lowest BCUT2D eigenvalue weighted by Crippen LogP contribution is -2.23. The zero-order valence-electron chi connectivity index (χ0n) is 5.73. The maximum absolute atomic E-state index is 13.1. The second-order valence-corrected chi connectivity index (χ2v) is 2.73. The van der Waals surface area contributed by atoms with Gasteiger partial charge in [-0.2, -0.15) is 0 Å². The first-order chi connectivity index (χ1) is 4.16. The van der Waals surface area contributed by atoms with Gasteiger partial charge in [-0.1, -0.05) is 12.7 Å². The van der Waals surface area contributed by atoms with E-state index in [1.807, 2.05) is 11.9 Å². The van der Waals surface area contributed by atoms with Gasteiger partial charge in [-0.05, 0) is 13.5 Å². The molecule has 1 atom stereocenters. The molecule has 1 aliphatic rings. The fourth-order valence-corrected chi connectivity index (χ4v) is 1.15. The Kier molecular flexibility index (Phi) is 1.58. The third kappa shape index (κ3) is 1.30. The molecule has 1 aliphatic heterocycles. The number of alkyl halides is 1. The van der Waals surface area contributed by atoms with E-state index in [0.29, 0.717) is 13.0 Å². The van der Waals surface area contributed by atoms with E-state index in [1.54, 1.807) is 0 Å². The Bertz CT molecular complexity index is 124. The van der Waals surface area contributed by atoms with Crippen LogP contribution in [-0.4, -0.2) is 30.7 Å². The van der Waals surface area contributed by atoms with Crippen LogP contribution in [0.2, 0.25) is 0 Å². The second-order valence-electron chi connectivity index (χ2n) is 2.73. The molecule has 1 fully saturated rings. The molecule has 0 aliphatic carbocycles. The lowest BCUT2D eigenvalue weighted by Gasteiger charge is -2.12. The molecule has 0 aromatic carbocycles. The summed E-state index contributed by atoms with van der Waals surface area (Å²) in [5.74, 6) is 0. The molecule has 0 spiro atoms. The summed E-state index contributed by atoms with van der Waals surface area (Å²) in [6, 6.07) is 0. The van der Waals surface area contributed by atoms with Crippen LogP contribution in [0.4, 0.5) is 4.39 Å². The zero-order valence-corrected chi connectivity index (χ0v) is 5.73. The summed E-state index contributed by atoms with van der Waals surface area (Å²) in [6.45, 7) is 4.81. The highest BCUT2D eigenvalue weighted by molar-refractivity contribution is 5.02. The van der Waals surface area contributed by atoms with E-state index >= 15 is 0 Å². The largest absolute Gasteiger partial charge is 0.303 e. The smallest absolute Gasteiger partial charge is 0.142 e. The Morgan fingerprint density at radius 2 is 2.44 bits per heavy atom.